The minimum atomic E-state index is -3.88. The Morgan fingerprint density at radius 1 is 1.21 bits per heavy atom. The first kappa shape index (κ1) is 14.3. The Kier molecular flexibility index (Phi) is 4.13. The van der Waals surface area contributed by atoms with Crippen LogP contribution in [0.1, 0.15) is 18.3 Å². The average Bonchev–Trinajstić information content (AvgIpc) is 2.74. The summed E-state index contributed by atoms with van der Waals surface area (Å²) in [5.74, 6) is 0.545. The molecule has 0 aliphatic rings. The van der Waals surface area contributed by atoms with Gasteiger partial charge in [0.2, 0.25) is 0 Å². The van der Waals surface area contributed by atoms with Crippen molar-refractivity contribution in [2.24, 2.45) is 0 Å². The van der Waals surface area contributed by atoms with Gasteiger partial charge in [0.1, 0.15) is 5.82 Å². The fraction of sp³-hybridized carbons (Fsp3) is 0.273. The zero-order valence-electron chi connectivity index (χ0n) is 10.0. The van der Waals surface area contributed by atoms with Crippen molar-refractivity contribution in [1.29, 1.82) is 0 Å². The van der Waals surface area contributed by atoms with Crippen molar-refractivity contribution >= 4 is 31.3 Å². The maximum atomic E-state index is 11.3. The van der Waals surface area contributed by atoms with Crippen LogP contribution in [0.5, 0.6) is 0 Å². The molecule has 0 bridgehead atoms. The highest BCUT2D eigenvalue weighted by Crippen LogP contribution is 2.17. The minimum Gasteiger partial charge on any atom is -0.301 e. The van der Waals surface area contributed by atoms with Crippen molar-refractivity contribution in [3.05, 3.63) is 40.7 Å². The summed E-state index contributed by atoms with van der Waals surface area (Å²) in [5, 5.41) is 7.95. The van der Waals surface area contributed by atoms with Gasteiger partial charge < -0.3 is 4.57 Å². The molecule has 19 heavy (non-hydrogen) atoms. The predicted molar refractivity (Wildman–Crippen MR) is 73.0 cm³/mol. The monoisotopic (exact) mass is 319 g/mol. The van der Waals surface area contributed by atoms with E-state index in [4.69, 9.17) is 22.3 Å². The predicted octanol–water partition coefficient (Wildman–Crippen LogP) is 2.47. The highest BCUT2D eigenvalue weighted by molar-refractivity contribution is 8.13. The van der Waals surface area contributed by atoms with Gasteiger partial charge in [0.25, 0.3) is 14.2 Å². The van der Waals surface area contributed by atoms with E-state index in [0.717, 1.165) is 5.56 Å². The molecule has 5 nitrogen and oxygen atoms in total. The number of hydrogen-bond donors (Lipinski definition) is 0. The maximum absolute atomic E-state index is 11.3. The zero-order valence-corrected chi connectivity index (χ0v) is 12.4. The van der Waals surface area contributed by atoms with Gasteiger partial charge in [0.15, 0.2) is 0 Å². The molecule has 0 saturated carbocycles. The van der Waals surface area contributed by atoms with Crippen LogP contribution in [-0.2, 0) is 22.0 Å². The van der Waals surface area contributed by atoms with Crippen molar-refractivity contribution in [1.82, 2.24) is 14.8 Å². The zero-order chi connectivity index (χ0) is 14.0. The number of aromatic nitrogens is 3. The minimum absolute atomic E-state index is 0.222. The number of halogens is 2. The smallest absolute Gasteiger partial charge is 0.296 e. The molecule has 0 spiro atoms. The molecule has 0 aliphatic carbocycles. The molecule has 0 fully saturated rings. The fourth-order valence-electron chi connectivity index (χ4n) is 1.73. The lowest BCUT2D eigenvalue weighted by Gasteiger charge is -2.05. The molecule has 0 amide bonds. The summed E-state index contributed by atoms with van der Waals surface area (Å²) >= 11 is 5.81. The molecular formula is C11H11Cl2N3O2S. The van der Waals surface area contributed by atoms with Gasteiger partial charge in [-0.25, -0.2) is 8.42 Å². The van der Waals surface area contributed by atoms with Crippen molar-refractivity contribution in [2.45, 2.75) is 25.0 Å². The number of hydrogen-bond acceptors (Lipinski definition) is 4. The third kappa shape index (κ3) is 3.26. The van der Waals surface area contributed by atoms with Gasteiger partial charge in [0, 0.05) is 28.7 Å². The first-order valence-electron chi connectivity index (χ1n) is 5.53. The van der Waals surface area contributed by atoms with E-state index < -0.39 is 9.05 Å². The molecule has 0 N–H and O–H groups in total. The van der Waals surface area contributed by atoms with E-state index in [0.29, 0.717) is 23.8 Å². The standard InChI is InChI=1S/C11H11Cl2N3O2S/c1-2-16-10(14-15-11(16)19(13,17)18)7-8-3-5-9(12)6-4-8/h3-6H,2,7H2,1H3. The van der Waals surface area contributed by atoms with E-state index in [1.54, 1.807) is 19.1 Å². The van der Waals surface area contributed by atoms with Gasteiger partial charge in [-0.2, -0.15) is 0 Å². The number of rotatable bonds is 4. The molecule has 102 valence electrons. The van der Waals surface area contributed by atoms with E-state index in [2.05, 4.69) is 10.2 Å². The first-order valence-corrected chi connectivity index (χ1v) is 8.21. The largest absolute Gasteiger partial charge is 0.301 e. The Morgan fingerprint density at radius 2 is 1.84 bits per heavy atom. The Hall–Kier alpha value is -1.11. The Balaban J connectivity index is 2.36. The van der Waals surface area contributed by atoms with E-state index in [1.807, 2.05) is 12.1 Å². The lowest BCUT2D eigenvalue weighted by atomic mass is 10.1. The van der Waals surface area contributed by atoms with Crippen LogP contribution in [0.3, 0.4) is 0 Å². The molecule has 2 aromatic rings. The van der Waals surface area contributed by atoms with E-state index in [9.17, 15) is 8.42 Å². The Bertz CT molecular complexity index is 680. The van der Waals surface area contributed by atoms with Gasteiger partial charge >= 0.3 is 0 Å². The summed E-state index contributed by atoms with van der Waals surface area (Å²) in [4.78, 5) is 0. The van der Waals surface area contributed by atoms with Gasteiger partial charge in [0.05, 0.1) is 0 Å². The van der Waals surface area contributed by atoms with E-state index >= 15 is 0 Å². The normalized spacial score (nSPS) is 11.7. The molecule has 0 unspecified atom stereocenters. The summed E-state index contributed by atoms with van der Waals surface area (Å²) in [5.41, 5.74) is 0.963. The van der Waals surface area contributed by atoms with Gasteiger partial charge in [-0.05, 0) is 24.6 Å². The summed E-state index contributed by atoms with van der Waals surface area (Å²) in [6.45, 7) is 2.23. The highest BCUT2D eigenvalue weighted by atomic mass is 35.7. The van der Waals surface area contributed by atoms with Crippen LogP contribution in [0, 0.1) is 0 Å². The SMILES string of the molecule is CCn1c(Cc2ccc(Cl)cc2)nnc1S(=O)(=O)Cl. The average molecular weight is 320 g/mol. The van der Waals surface area contributed by atoms with Crippen LogP contribution in [0.15, 0.2) is 29.4 Å². The maximum Gasteiger partial charge on any atom is 0.296 e. The van der Waals surface area contributed by atoms with Crippen molar-refractivity contribution < 1.29 is 8.42 Å². The molecule has 1 aromatic heterocycles. The molecule has 0 radical (unpaired) electrons. The van der Waals surface area contributed by atoms with Crippen LogP contribution >= 0.6 is 22.3 Å². The third-order valence-corrected chi connectivity index (χ3v) is 4.01. The van der Waals surface area contributed by atoms with Crippen molar-refractivity contribution in [2.75, 3.05) is 0 Å². The Morgan fingerprint density at radius 3 is 2.37 bits per heavy atom. The number of nitrogens with zero attached hydrogens (tertiary/aromatic N) is 3. The second kappa shape index (κ2) is 5.48. The lowest BCUT2D eigenvalue weighted by Crippen LogP contribution is -2.08. The first-order chi connectivity index (χ1) is 8.91. The highest BCUT2D eigenvalue weighted by Gasteiger charge is 2.21. The van der Waals surface area contributed by atoms with E-state index in [1.165, 1.54) is 4.57 Å². The van der Waals surface area contributed by atoms with Crippen molar-refractivity contribution in [3.8, 4) is 0 Å². The Labute approximate surface area is 120 Å². The molecule has 0 saturated heterocycles. The van der Waals surface area contributed by atoms with Gasteiger partial charge in [-0.1, -0.05) is 23.7 Å². The number of benzene rings is 1. The molecule has 0 atom stereocenters. The third-order valence-electron chi connectivity index (χ3n) is 2.60. The van der Waals surface area contributed by atoms with Gasteiger partial charge in [-0.3, -0.25) is 0 Å². The van der Waals surface area contributed by atoms with Crippen LogP contribution in [0.4, 0.5) is 0 Å². The summed E-state index contributed by atoms with van der Waals surface area (Å²) in [6.07, 6.45) is 0.463. The summed E-state index contributed by atoms with van der Waals surface area (Å²) < 4.78 is 24.2. The van der Waals surface area contributed by atoms with Crippen LogP contribution in [-0.4, -0.2) is 23.2 Å². The van der Waals surface area contributed by atoms with Crippen LogP contribution < -0.4 is 0 Å². The summed E-state index contributed by atoms with van der Waals surface area (Å²) in [6, 6.07) is 7.24. The van der Waals surface area contributed by atoms with Gasteiger partial charge in [-0.15, -0.1) is 10.2 Å². The molecule has 1 heterocycles. The topological polar surface area (TPSA) is 64.8 Å². The molecular weight excluding hydrogens is 309 g/mol. The van der Waals surface area contributed by atoms with E-state index in [-0.39, 0.29) is 5.16 Å². The molecule has 2 rings (SSSR count). The summed E-state index contributed by atoms with van der Waals surface area (Å²) in [7, 11) is 1.43. The second-order valence-corrected chi connectivity index (χ2v) is 6.78. The quantitative estimate of drug-likeness (QED) is 0.812. The second-order valence-electron chi connectivity index (χ2n) is 3.88. The molecule has 1 aromatic carbocycles. The van der Waals surface area contributed by atoms with Crippen molar-refractivity contribution in [3.63, 3.8) is 0 Å². The van der Waals surface area contributed by atoms with Crippen LogP contribution in [0.2, 0.25) is 5.02 Å². The van der Waals surface area contributed by atoms with Crippen LogP contribution in [0.25, 0.3) is 0 Å². The lowest BCUT2D eigenvalue weighted by molar-refractivity contribution is 0.576. The molecule has 0 aliphatic heterocycles. The molecule has 8 heteroatoms. The fourth-order valence-corrected chi connectivity index (χ4v) is 2.84.